The molecule has 2 N–H and O–H groups in total. The molecule has 0 aliphatic carbocycles. The third-order valence-corrected chi connectivity index (χ3v) is 3.48. The first-order valence-electron chi connectivity index (χ1n) is 6.21. The number of hydrogen-bond donors (Lipinski definition) is 1. The van der Waals surface area contributed by atoms with Crippen LogP contribution in [0.25, 0.3) is 0 Å². The first kappa shape index (κ1) is 13.9. The molecule has 0 spiro atoms. The Morgan fingerprint density at radius 2 is 2.11 bits per heavy atom. The van der Waals surface area contributed by atoms with E-state index in [2.05, 4.69) is 34.0 Å². The van der Waals surface area contributed by atoms with Gasteiger partial charge in [-0.2, -0.15) is 5.10 Å². The number of nitrogens with two attached hydrogens (primary N) is 1. The highest BCUT2D eigenvalue weighted by molar-refractivity contribution is 9.10. The van der Waals surface area contributed by atoms with Gasteiger partial charge < -0.3 is 10.5 Å². The Morgan fingerprint density at radius 3 is 2.68 bits per heavy atom. The minimum absolute atomic E-state index is 0.468. The zero-order valence-electron chi connectivity index (χ0n) is 11.4. The van der Waals surface area contributed by atoms with Crippen LogP contribution in [0.4, 0.5) is 5.69 Å². The summed E-state index contributed by atoms with van der Waals surface area (Å²) >= 11 is 3.42. The summed E-state index contributed by atoms with van der Waals surface area (Å²) in [6.45, 7) is 4.54. The number of hydrogen-bond acceptors (Lipinski definition) is 3. The van der Waals surface area contributed by atoms with Crippen LogP contribution < -0.4 is 10.5 Å². The average Bonchev–Trinajstić information content (AvgIpc) is 2.69. The van der Waals surface area contributed by atoms with Gasteiger partial charge in [-0.05, 0) is 37.1 Å². The van der Waals surface area contributed by atoms with Crippen molar-refractivity contribution in [1.29, 1.82) is 0 Å². The fraction of sp³-hybridized carbons (Fsp3) is 0.357. The zero-order chi connectivity index (χ0) is 14.0. The lowest BCUT2D eigenvalue weighted by molar-refractivity contribution is 0.294. The summed E-state index contributed by atoms with van der Waals surface area (Å²) in [6.07, 6.45) is 0.924. The molecule has 0 atom stereocenters. The van der Waals surface area contributed by atoms with E-state index in [9.17, 15) is 0 Å². The molecule has 4 nitrogen and oxygen atoms in total. The number of rotatable bonds is 4. The van der Waals surface area contributed by atoms with Crippen molar-refractivity contribution in [3.63, 3.8) is 0 Å². The van der Waals surface area contributed by atoms with Gasteiger partial charge in [0.05, 0.1) is 17.1 Å². The molecule has 1 aromatic carbocycles. The summed E-state index contributed by atoms with van der Waals surface area (Å²) in [4.78, 5) is 0. The molecule has 0 unspecified atom stereocenters. The van der Waals surface area contributed by atoms with Gasteiger partial charge in [0, 0.05) is 11.5 Å². The first-order chi connectivity index (χ1) is 9.01. The average molecular weight is 324 g/mol. The van der Waals surface area contributed by atoms with Crippen LogP contribution in [-0.2, 0) is 20.1 Å². The van der Waals surface area contributed by atoms with E-state index in [4.69, 9.17) is 10.5 Å². The minimum atomic E-state index is 0.468. The standard InChI is InChI=1S/C14H18BrN3O/c1-4-11-7-12(18(3)17-11)8-19-14-9(2)5-10(15)6-13(14)16/h5-7H,4,8,16H2,1-3H3. The topological polar surface area (TPSA) is 53.1 Å². The largest absolute Gasteiger partial charge is 0.485 e. The van der Waals surface area contributed by atoms with Gasteiger partial charge in [0.15, 0.2) is 0 Å². The van der Waals surface area contributed by atoms with Crippen molar-refractivity contribution in [2.24, 2.45) is 7.05 Å². The smallest absolute Gasteiger partial charge is 0.145 e. The maximum absolute atomic E-state index is 5.98. The van der Waals surface area contributed by atoms with Gasteiger partial charge in [0.25, 0.3) is 0 Å². The SMILES string of the molecule is CCc1cc(COc2c(C)cc(Br)cc2N)n(C)n1. The van der Waals surface area contributed by atoms with Gasteiger partial charge >= 0.3 is 0 Å². The Bertz CT molecular complexity index is 569. The fourth-order valence-corrected chi connectivity index (χ4v) is 2.57. The maximum Gasteiger partial charge on any atom is 0.145 e. The lowest BCUT2D eigenvalue weighted by Gasteiger charge is -2.12. The normalized spacial score (nSPS) is 10.7. The molecule has 1 aromatic heterocycles. The Hall–Kier alpha value is -1.49. The van der Waals surface area contributed by atoms with E-state index in [0.29, 0.717) is 12.3 Å². The molecule has 1 heterocycles. The molecule has 0 aliphatic heterocycles. The van der Waals surface area contributed by atoms with Gasteiger partial charge in [0.1, 0.15) is 12.4 Å². The van der Waals surface area contributed by atoms with Crippen LogP contribution >= 0.6 is 15.9 Å². The summed E-state index contributed by atoms with van der Waals surface area (Å²) in [7, 11) is 1.93. The van der Waals surface area contributed by atoms with Crippen LogP contribution in [0.1, 0.15) is 23.9 Å². The number of nitrogen functional groups attached to an aromatic ring is 1. The lowest BCUT2D eigenvalue weighted by atomic mass is 10.2. The quantitative estimate of drug-likeness (QED) is 0.879. The molecule has 102 valence electrons. The second-order valence-electron chi connectivity index (χ2n) is 4.53. The van der Waals surface area contributed by atoms with Crippen LogP contribution in [0.5, 0.6) is 5.75 Å². The second kappa shape index (κ2) is 5.65. The molecular formula is C14H18BrN3O. The third kappa shape index (κ3) is 3.10. The maximum atomic E-state index is 5.98. The van der Waals surface area contributed by atoms with E-state index in [1.54, 1.807) is 0 Å². The zero-order valence-corrected chi connectivity index (χ0v) is 13.0. The van der Waals surface area contributed by atoms with E-state index < -0.39 is 0 Å². The van der Waals surface area contributed by atoms with Gasteiger partial charge in [-0.1, -0.05) is 22.9 Å². The van der Waals surface area contributed by atoms with E-state index in [0.717, 1.165) is 33.6 Å². The van der Waals surface area contributed by atoms with Crippen LogP contribution in [0.3, 0.4) is 0 Å². The molecule has 0 saturated carbocycles. The predicted molar refractivity (Wildman–Crippen MR) is 80.2 cm³/mol. The molecule has 0 fully saturated rings. The highest BCUT2D eigenvalue weighted by Gasteiger charge is 2.09. The van der Waals surface area contributed by atoms with E-state index in [1.165, 1.54) is 0 Å². The van der Waals surface area contributed by atoms with Gasteiger partial charge in [-0.15, -0.1) is 0 Å². The Morgan fingerprint density at radius 1 is 1.37 bits per heavy atom. The number of halogens is 1. The Kier molecular flexibility index (Phi) is 4.14. The number of benzene rings is 1. The lowest BCUT2D eigenvalue weighted by Crippen LogP contribution is -2.05. The molecule has 0 aliphatic rings. The molecule has 19 heavy (non-hydrogen) atoms. The summed E-state index contributed by atoms with van der Waals surface area (Å²) in [5, 5.41) is 4.40. The molecule has 2 aromatic rings. The number of anilines is 1. The fourth-order valence-electron chi connectivity index (χ4n) is 1.98. The van der Waals surface area contributed by atoms with E-state index in [-0.39, 0.29) is 0 Å². The van der Waals surface area contributed by atoms with Gasteiger partial charge in [-0.25, -0.2) is 0 Å². The number of ether oxygens (including phenoxy) is 1. The van der Waals surface area contributed by atoms with Crippen molar-refractivity contribution < 1.29 is 4.74 Å². The Labute approximate surface area is 121 Å². The molecule has 0 saturated heterocycles. The first-order valence-corrected chi connectivity index (χ1v) is 7.00. The van der Waals surface area contributed by atoms with Crippen LogP contribution in [0.2, 0.25) is 0 Å². The van der Waals surface area contributed by atoms with Crippen molar-refractivity contribution in [1.82, 2.24) is 9.78 Å². The second-order valence-corrected chi connectivity index (χ2v) is 5.45. The van der Waals surface area contributed by atoms with Crippen LogP contribution in [-0.4, -0.2) is 9.78 Å². The highest BCUT2D eigenvalue weighted by atomic mass is 79.9. The number of aromatic nitrogens is 2. The van der Waals surface area contributed by atoms with E-state index in [1.807, 2.05) is 30.8 Å². The van der Waals surface area contributed by atoms with Crippen molar-refractivity contribution in [3.05, 3.63) is 39.6 Å². The van der Waals surface area contributed by atoms with Crippen molar-refractivity contribution >= 4 is 21.6 Å². The molecule has 0 radical (unpaired) electrons. The number of nitrogens with zero attached hydrogens (tertiary/aromatic N) is 2. The van der Waals surface area contributed by atoms with Gasteiger partial charge in [-0.3, -0.25) is 4.68 Å². The Balaban J connectivity index is 2.16. The van der Waals surface area contributed by atoms with E-state index >= 15 is 0 Å². The summed E-state index contributed by atoms with van der Waals surface area (Å²) in [5.74, 6) is 0.738. The van der Waals surface area contributed by atoms with Crippen LogP contribution in [0.15, 0.2) is 22.7 Å². The van der Waals surface area contributed by atoms with Gasteiger partial charge in [0.2, 0.25) is 0 Å². The monoisotopic (exact) mass is 323 g/mol. The van der Waals surface area contributed by atoms with Crippen molar-refractivity contribution in [3.8, 4) is 5.75 Å². The summed E-state index contributed by atoms with van der Waals surface area (Å²) in [6, 6.07) is 5.90. The molecule has 2 rings (SSSR count). The summed E-state index contributed by atoms with van der Waals surface area (Å²) < 4.78 is 8.65. The third-order valence-electron chi connectivity index (χ3n) is 3.02. The highest BCUT2D eigenvalue weighted by Crippen LogP contribution is 2.30. The number of aryl methyl sites for hydroxylation is 3. The minimum Gasteiger partial charge on any atom is -0.485 e. The molecule has 5 heteroatoms. The van der Waals surface area contributed by atoms with Crippen LogP contribution in [0, 0.1) is 6.92 Å². The molecule has 0 bridgehead atoms. The van der Waals surface area contributed by atoms with Crippen molar-refractivity contribution in [2.75, 3.05) is 5.73 Å². The molecular weight excluding hydrogens is 306 g/mol. The molecule has 0 amide bonds. The predicted octanol–water partition coefficient (Wildman–Crippen LogP) is 3.21. The summed E-state index contributed by atoms with van der Waals surface area (Å²) in [5.41, 5.74) is 9.75. The van der Waals surface area contributed by atoms with Crippen molar-refractivity contribution in [2.45, 2.75) is 26.9 Å².